The summed E-state index contributed by atoms with van der Waals surface area (Å²) in [5.74, 6) is 0.842. The average Bonchev–Trinajstić information content (AvgIpc) is 3.05. The smallest absolute Gasteiger partial charge is 0.138 e. The molecule has 0 unspecified atom stereocenters. The van der Waals surface area contributed by atoms with Crippen LogP contribution in [-0.4, -0.2) is 27.3 Å². The van der Waals surface area contributed by atoms with E-state index in [1.807, 2.05) is 17.5 Å². The number of hydrogen-bond donors (Lipinski definition) is 2. The van der Waals surface area contributed by atoms with Gasteiger partial charge in [0.05, 0.1) is 29.9 Å². The van der Waals surface area contributed by atoms with Crippen LogP contribution in [0.15, 0.2) is 23.8 Å². The van der Waals surface area contributed by atoms with Crippen molar-refractivity contribution < 1.29 is 4.74 Å². The van der Waals surface area contributed by atoms with Crippen molar-refractivity contribution in [2.75, 3.05) is 12.4 Å². The van der Waals surface area contributed by atoms with Gasteiger partial charge in [-0.15, -0.1) is 11.3 Å². The van der Waals surface area contributed by atoms with Crippen molar-refractivity contribution in [3.63, 3.8) is 0 Å². The second-order valence-electron chi connectivity index (χ2n) is 4.03. The number of methoxy groups -OCH3 is 1. The predicted molar refractivity (Wildman–Crippen MR) is 74.0 cm³/mol. The predicted octanol–water partition coefficient (Wildman–Crippen LogP) is 2.17. The molecule has 0 radical (unpaired) electrons. The Kier molecular flexibility index (Phi) is 3.39. The summed E-state index contributed by atoms with van der Waals surface area (Å²) in [4.78, 5) is 9.47. The normalized spacial score (nSPS) is 11.0. The van der Waals surface area contributed by atoms with E-state index in [0.29, 0.717) is 13.2 Å². The molecule has 0 amide bonds. The molecule has 0 saturated carbocycles. The number of rotatable bonds is 5. The van der Waals surface area contributed by atoms with Crippen molar-refractivity contribution in [3.8, 4) is 0 Å². The number of anilines is 1. The Morgan fingerprint density at radius 1 is 1.42 bits per heavy atom. The summed E-state index contributed by atoms with van der Waals surface area (Å²) in [6.45, 7) is 1.15. The van der Waals surface area contributed by atoms with Crippen LogP contribution in [0.2, 0.25) is 0 Å². The quantitative estimate of drug-likeness (QED) is 0.746. The van der Waals surface area contributed by atoms with E-state index in [9.17, 15) is 0 Å². The van der Waals surface area contributed by atoms with E-state index in [-0.39, 0.29) is 0 Å². The zero-order chi connectivity index (χ0) is 13.1. The molecule has 0 atom stereocenters. The van der Waals surface area contributed by atoms with E-state index < -0.39 is 0 Å². The maximum atomic E-state index is 5.03. The van der Waals surface area contributed by atoms with Gasteiger partial charge in [-0.05, 0) is 17.5 Å². The molecule has 0 aliphatic rings. The molecule has 0 spiro atoms. The van der Waals surface area contributed by atoms with E-state index in [1.54, 1.807) is 24.8 Å². The van der Waals surface area contributed by atoms with Crippen LogP contribution < -0.4 is 5.32 Å². The molecule has 0 aliphatic heterocycles. The van der Waals surface area contributed by atoms with Crippen molar-refractivity contribution in [1.29, 1.82) is 0 Å². The summed E-state index contributed by atoms with van der Waals surface area (Å²) >= 11 is 1.61. The van der Waals surface area contributed by atoms with Crippen molar-refractivity contribution in [2.45, 2.75) is 13.2 Å². The molecule has 98 valence electrons. The molecule has 3 aromatic rings. The van der Waals surface area contributed by atoms with Gasteiger partial charge in [0, 0.05) is 7.11 Å². The van der Waals surface area contributed by atoms with Crippen molar-refractivity contribution in [2.24, 2.45) is 0 Å². The molecule has 0 saturated heterocycles. The van der Waals surface area contributed by atoms with Crippen LogP contribution in [0, 0.1) is 0 Å². The molecule has 3 aromatic heterocycles. The number of nitrogens with one attached hydrogen (secondary N) is 2. The molecular formula is C12H13N5OS. The lowest BCUT2D eigenvalue weighted by molar-refractivity contribution is 0.181. The first-order valence-electron chi connectivity index (χ1n) is 5.81. The highest BCUT2D eigenvalue weighted by Crippen LogP contribution is 2.23. The fourth-order valence-electron chi connectivity index (χ4n) is 1.83. The molecule has 0 fully saturated rings. The van der Waals surface area contributed by atoms with Gasteiger partial charge in [-0.1, -0.05) is 0 Å². The molecule has 0 aromatic carbocycles. The highest BCUT2D eigenvalue weighted by molar-refractivity contribution is 7.16. The zero-order valence-electron chi connectivity index (χ0n) is 10.4. The second kappa shape index (κ2) is 5.33. The van der Waals surface area contributed by atoms with Gasteiger partial charge in [-0.3, -0.25) is 5.10 Å². The molecule has 19 heavy (non-hydrogen) atoms. The van der Waals surface area contributed by atoms with Gasteiger partial charge in [0.15, 0.2) is 0 Å². The Morgan fingerprint density at radius 2 is 2.37 bits per heavy atom. The number of thiophene rings is 1. The first-order chi connectivity index (χ1) is 9.36. The Labute approximate surface area is 113 Å². The number of hydrogen-bond acceptors (Lipinski definition) is 6. The molecule has 0 aliphatic carbocycles. The van der Waals surface area contributed by atoms with Crippen molar-refractivity contribution in [3.05, 3.63) is 35.2 Å². The van der Waals surface area contributed by atoms with Crippen LogP contribution in [0.4, 0.5) is 5.82 Å². The Balaban J connectivity index is 1.73. The highest BCUT2D eigenvalue weighted by Gasteiger charge is 2.05. The summed E-state index contributed by atoms with van der Waals surface area (Å²) in [6.07, 6.45) is 1.57. The minimum atomic E-state index is 0.513. The summed E-state index contributed by atoms with van der Waals surface area (Å²) in [5.41, 5.74) is 1.89. The highest BCUT2D eigenvalue weighted by atomic mass is 32.1. The number of ether oxygens (including phenoxy) is 1. The Bertz CT molecular complexity index is 677. The van der Waals surface area contributed by atoms with Crippen LogP contribution in [0.5, 0.6) is 0 Å². The van der Waals surface area contributed by atoms with Gasteiger partial charge in [0.2, 0.25) is 0 Å². The zero-order valence-corrected chi connectivity index (χ0v) is 11.2. The number of nitrogens with zero attached hydrogens (tertiary/aromatic N) is 3. The van der Waals surface area contributed by atoms with Gasteiger partial charge in [-0.25, -0.2) is 9.97 Å². The van der Waals surface area contributed by atoms with Gasteiger partial charge in [0.25, 0.3) is 0 Å². The Hall–Kier alpha value is -1.99. The first-order valence-corrected chi connectivity index (χ1v) is 6.69. The molecule has 7 heteroatoms. The van der Waals surface area contributed by atoms with E-state index in [2.05, 4.69) is 25.5 Å². The fourth-order valence-corrected chi connectivity index (χ4v) is 2.56. The van der Waals surface area contributed by atoms with E-state index >= 15 is 0 Å². The molecular weight excluding hydrogens is 262 g/mol. The molecule has 2 N–H and O–H groups in total. The van der Waals surface area contributed by atoms with E-state index in [4.69, 9.17) is 4.74 Å². The average molecular weight is 275 g/mol. The third-order valence-corrected chi connectivity index (χ3v) is 3.50. The largest absolute Gasteiger partial charge is 0.378 e. The van der Waals surface area contributed by atoms with Crippen LogP contribution in [0.25, 0.3) is 10.2 Å². The third-order valence-electron chi connectivity index (χ3n) is 2.68. The van der Waals surface area contributed by atoms with Crippen LogP contribution >= 0.6 is 11.3 Å². The molecule has 0 bridgehead atoms. The lowest BCUT2D eigenvalue weighted by atomic mass is 10.3. The monoisotopic (exact) mass is 275 g/mol. The molecule has 3 rings (SSSR count). The first kappa shape index (κ1) is 12.1. The molecule has 6 nitrogen and oxygen atoms in total. The minimum absolute atomic E-state index is 0.513. The summed E-state index contributed by atoms with van der Waals surface area (Å²) in [7, 11) is 1.65. The summed E-state index contributed by atoms with van der Waals surface area (Å²) < 4.78 is 5.03. The second-order valence-corrected chi connectivity index (χ2v) is 4.93. The molecule has 3 heterocycles. The number of aromatic nitrogens is 4. The third kappa shape index (κ3) is 2.56. The number of aromatic amines is 1. The van der Waals surface area contributed by atoms with Crippen molar-refractivity contribution >= 4 is 27.4 Å². The standard InChI is InChI=1S/C12H13N5OS/c1-18-6-9-4-8(16-17-9)5-13-11-10-2-3-19-12(10)15-7-14-11/h2-4,7H,5-6H2,1H3,(H,16,17)(H,13,14,15). The van der Waals surface area contributed by atoms with Crippen LogP contribution in [-0.2, 0) is 17.9 Å². The van der Waals surface area contributed by atoms with E-state index in [0.717, 1.165) is 27.4 Å². The lowest BCUT2D eigenvalue weighted by Gasteiger charge is -2.04. The van der Waals surface area contributed by atoms with Gasteiger partial charge >= 0.3 is 0 Å². The SMILES string of the molecule is COCc1cc(CNc2ncnc3sccc23)[nH]n1. The Morgan fingerprint density at radius 3 is 3.26 bits per heavy atom. The number of fused-ring (bicyclic) bond motifs is 1. The van der Waals surface area contributed by atoms with E-state index in [1.165, 1.54) is 0 Å². The summed E-state index contributed by atoms with van der Waals surface area (Å²) in [5, 5.41) is 13.5. The van der Waals surface area contributed by atoms with Crippen LogP contribution in [0.3, 0.4) is 0 Å². The fraction of sp³-hybridized carbons (Fsp3) is 0.250. The van der Waals surface area contributed by atoms with Gasteiger partial charge in [-0.2, -0.15) is 5.10 Å². The maximum Gasteiger partial charge on any atom is 0.138 e. The topological polar surface area (TPSA) is 75.7 Å². The summed E-state index contributed by atoms with van der Waals surface area (Å²) in [6, 6.07) is 3.99. The van der Waals surface area contributed by atoms with Crippen LogP contribution in [0.1, 0.15) is 11.4 Å². The van der Waals surface area contributed by atoms with Gasteiger partial charge in [0.1, 0.15) is 17.0 Å². The van der Waals surface area contributed by atoms with Crippen molar-refractivity contribution in [1.82, 2.24) is 20.2 Å². The lowest BCUT2D eigenvalue weighted by Crippen LogP contribution is -2.02. The maximum absolute atomic E-state index is 5.03. The van der Waals surface area contributed by atoms with Gasteiger partial charge < -0.3 is 10.1 Å². The minimum Gasteiger partial charge on any atom is -0.378 e. The number of H-pyrrole nitrogens is 1.